The molecule has 2 rings (SSSR count). The van der Waals surface area contributed by atoms with Crippen LogP contribution >= 0.6 is 0 Å². The minimum atomic E-state index is -4.42. The number of amides is 2. The van der Waals surface area contributed by atoms with Crippen LogP contribution in [0.1, 0.15) is 47.1 Å². The van der Waals surface area contributed by atoms with Crippen LogP contribution in [-0.2, 0) is 6.18 Å². The lowest BCUT2D eigenvalue weighted by molar-refractivity contribution is -0.137. The summed E-state index contributed by atoms with van der Waals surface area (Å²) in [5.41, 5.74) is -0.221. The molecule has 2 aromatic carbocycles. The van der Waals surface area contributed by atoms with Crippen molar-refractivity contribution in [1.82, 2.24) is 5.32 Å². The molecule has 2 amide bonds. The fraction of sp³-hybridized carbons (Fsp3) is 0.263. The molecule has 0 aliphatic carbocycles. The molecule has 0 atom stereocenters. The number of carbonyl (C=O) groups excluding carboxylic acids is 2. The summed E-state index contributed by atoms with van der Waals surface area (Å²) in [5.74, 6) is -0.736. The van der Waals surface area contributed by atoms with Crippen molar-refractivity contribution < 1.29 is 22.8 Å². The molecule has 0 bridgehead atoms. The SMILES string of the molecule is CC(C)(C)NC(=O)c1ccc(C(=O)Nc2ccc(C(F)(F)F)cc2)cc1. The second-order valence-corrected chi connectivity index (χ2v) is 6.81. The molecular weight excluding hydrogens is 345 g/mol. The fourth-order valence-corrected chi connectivity index (χ4v) is 2.13. The Bertz CT molecular complexity index is 790. The first-order chi connectivity index (χ1) is 12.0. The first kappa shape index (κ1) is 19.5. The summed E-state index contributed by atoms with van der Waals surface area (Å²) >= 11 is 0. The Hall–Kier alpha value is -2.83. The van der Waals surface area contributed by atoms with Crippen molar-refractivity contribution in [2.75, 3.05) is 5.32 Å². The number of rotatable bonds is 3. The first-order valence-electron chi connectivity index (χ1n) is 7.87. The largest absolute Gasteiger partial charge is 0.416 e. The van der Waals surface area contributed by atoms with Crippen LogP contribution in [0.2, 0.25) is 0 Å². The number of anilines is 1. The van der Waals surface area contributed by atoms with E-state index in [4.69, 9.17) is 0 Å². The number of alkyl halides is 3. The van der Waals surface area contributed by atoms with E-state index in [1.54, 1.807) is 0 Å². The summed E-state index contributed by atoms with van der Waals surface area (Å²) in [7, 11) is 0. The molecule has 0 unspecified atom stereocenters. The van der Waals surface area contributed by atoms with Gasteiger partial charge in [-0.1, -0.05) is 0 Å². The Labute approximate surface area is 149 Å². The van der Waals surface area contributed by atoms with Gasteiger partial charge in [0, 0.05) is 22.4 Å². The second-order valence-electron chi connectivity index (χ2n) is 6.81. The van der Waals surface area contributed by atoms with Gasteiger partial charge in [-0.3, -0.25) is 9.59 Å². The van der Waals surface area contributed by atoms with Crippen LogP contribution in [0.5, 0.6) is 0 Å². The lowest BCUT2D eigenvalue weighted by Crippen LogP contribution is -2.40. The Kier molecular flexibility index (Phi) is 5.39. The Morgan fingerprint density at radius 3 is 1.65 bits per heavy atom. The Morgan fingerprint density at radius 2 is 1.23 bits per heavy atom. The number of carbonyl (C=O) groups is 2. The van der Waals surface area contributed by atoms with E-state index in [1.165, 1.54) is 36.4 Å². The number of benzene rings is 2. The topological polar surface area (TPSA) is 58.2 Å². The molecular formula is C19H19F3N2O2. The zero-order valence-electron chi connectivity index (χ0n) is 14.6. The van der Waals surface area contributed by atoms with Gasteiger partial charge < -0.3 is 10.6 Å². The van der Waals surface area contributed by atoms with Crippen molar-refractivity contribution in [2.45, 2.75) is 32.5 Å². The van der Waals surface area contributed by atoms with E-state index >= 15 is 0 Å². The maximum absolute atomic E-state index is 12.5. The molecule has 138 valence electrons. The van der Waals surface area contributed by atoms with Crippen LogP contribution in [0, 0.1) is 0 Å². The van der Waals surface area contributed by atoms with Gasteiger partial charge in [0.05, 0.1) is 5.56 Å². The number of hydrogen-bond donors (Lipinski definition) is 2. The van der Waals surface area contributed by atoms with E-state index in [0.717, 1.165) is 12.1 Å². The fourth-order valence-electron chi connectivity index (χ4n) is 2.13. The van der Waals surface area contributed by atoms with Crippen molar-refractivity contribution in [3.8, 4) is 0 Å². The van der Waals surface area contributed by atoms with E-state index in [2.05, 4.69) is 10.6 Å². The average molecular weight is 364 g/mol. The third-order valence-electron chi connectivity index (χ3n) is 3.37. The average Bonchev–Trinajstić information content (AvgIpc) is 2.53. The predicted molar refractivity (Wildman–Crippen MR) is 93.1 cm³/mol. The molecule has 0 saturated heterocycles. The van der Waals surface area contributed by atoms with Crippen molar-refractivity contribution in [3.05, 3.63) is 65.2 Å². The molecule has 0 aromatic heterocycles. The third-order valence-corrected chi connectivity index (χ3v) is 3.37. The molecule has 26 heavy (non-hydrogen) atoms. The second kappa shape index (κ2) is 7.19. The minimum Gasteiger partial charge on any atom is -0.347 e. The first-order valence-corrected chi connectivity index (χ1v) is 7.87. The van der Waals surface area contributed by atoms with Crippen LogP contribution < -0.4 is 10.6 Å². The molecule has 0 aliphatic rings. The van der Waals surface area contributed by atoms with E-state index in [9.17, 15) is 22.8 Å². The zero-order chi connectivity index (χ0) is 19.5. The van der Waals surface area contributed by atoms with Crippen LogP contribution in [0.4, 0.5) is 18.9 Å². The standard InChI is InChI=1S/C19H19F3N2O2/c1-18(2,3)24-17(26)13-6-4-12(5-7-13)16(25)23-15-10-8-14(9-11-15)19(20,21)22/h4-11H,1-3H3,(H,23,25)(H,24,26). The molecule has 0 saturated carbocycles. The number of halogens is 3. The maximum Gasteiger partial charge on any atom is 0.416 e. The quantitative estimate of drug-likeness (QED) is 0.843. The normalized spacial score (nSPS) is 11.8. The van der Waals surface area contributed by atoms with Gasteiger partial charge in [0.15, 0.2) is 0 Å². The van der Waals surface area contributed by atoms with Gasteiger partial charge in [0.2, 0.25) is 0 Å². The van der Waals surface area contributed by atoms with E-state index < -0.39 is 17.6 Å². The van der Waals surface area contributed by atoms with Gasteiger partial charge in [-0.2, -0.15) is 13.2 Å². The summed E-state index contributed by atoms with van der Waals surface area (Å²) in [6.07, 6.45) is -4.42. The van der Waals surface area contributed by atoms with Crippen LogP contribution in [0.3, 0.4) is 0 Å². The summed E-state index contributed by atoms with van der Waals surface area (Å²) in [6.45, 7) is 5.57. The van der Waals surface area contributed by atoms with Crippen molar-refractivity contribution in [3.63, 3.8) is 0 Å². The van der Waals surface area contributed by atoms with Crippen molar-refractivity contribution in [2.24, 2.45) is 0 Å². The molecule has 0 radical (unpaired) electrons. The number of nitrogens with one attached hydrogen (secondary N) is 2. The molecule has 7 heteroatoms. The smallest absolute Gasteiger partial charge is 0.347 e. The minimum absolute atomic E-state index is 0.248. The van der Waals surface area contributed by atoms with Crippen molar-refractivity contribution in [1.29, 1.82) is 0 Å². The van der Waals surface area contributed by atoms with Crippen LogP contribution in [0.15, 0.2) is 48.5 Å². The summed E-state index contributed by atoms with van der Waals surface area (Å²) in [6, 6.07) is 10.2. The highest BCUT2D eigenvalue weighted by molar-refractivity contribution is 6.05. The van der Waals surface area contributed by atoms with E-state index in [1.807, 2.05) is 20.8 Å². The van der Waals surface area contributed by atoms with Crippen LogP contribution in [-0.4, -0.2) is 17.4 Å². The lowest BCUT2D eigenvalue weighted by Gasteiger charge is -2.20. The molecule has 4 nitrogen and oxygen atoms in total. The van der Waals surface area contributed by atoms with Gasteiger partial charge in [0.25, 0.3) is 11.8 Å². The van der Waals surface area contributed by atoms with E-state index in [-0.39, 0.29) is 22.7 Å². The van der Waals surface area contributed by atoms with Gasteiger partial charge in [-0.25, -0.2) is 0 Å². The predicted octanol–water partition coefficient (Wildman–Crippen LogP) is 4.49. The molecule has 2 aromatic rings. The lowest BCUT2D eigenvalue weighted by atomic mass is 10.1. The van der Waals surface area contributed by atoms with Gasteiger partial charge in [-0.15, -0.1) is 0 Å². The summed E-state index contributed by atoms with van der Waals surface area (Å²) in [5, 5.41) is 5.33. The summed E-state index contributed by atoms with van der Waals surface area (Å²) < 4.78 is 37.6. The molecule has 0 heterocycles. The van der Waals surface area contributed by atoms with Gasteiger partial charge in [-0.05, 0) is 69.3 Å². The summed E-state index contributed by atoms with van der Waals surface area (Å²) in [4.78, 5) is 24.2. The third kappa shape index (κ3) is 5.34. The van der Waals surface area contributed by atoms with Gasteiger partial charge in [0.1, 0.15) is 0 Å². The highest BCUT2D eigenvalue weighted by Crippen LogP contribution is 2.29. The molecule has 2 N–H and O–H groups in total. The highest BCUT2D eigenvalue weighted by Gasteiger charge is 2.30. The van der Waals surface area contributed by atoms with Crippen molar-refractivity contribution >= 4 is 17.5 Å². The molecule has 0 spiro atoms. The zero-order valence-corrected chi connectivity index (χ0v) is 14.6. The highest BCUT2D eigenvalue weighted by atomic mass is 19.4. The van der Waals surface area contributed by atoms with Gasteiger partial charge >= 0.3 is 6.18 Å². The molecule has 0 fully saturated rings. The number of hydrogen-bond acceptors (Lipinski definition) is 2. The maximum atomic E-state index is 12.5. The Morgan fingerprint density at radius 1 is 0.769 bits per heavy atom. The monoisotopic (exact) mass is 364 g/mol. The molecule has 0 aliphatic heterocycles. The van der Waals surface area contributed by atoms with Crippen LogP contribution in [0.25, 0.3) is 0 Å². The Balaban J connectivity index is 2.05. The van der Waals surface area contributed by atoms with E-state index in [0.29, 0.717) is 5.56 Å².